The van der Waals surface area contributed by atoms with Crippen LogP contribution in [0.25, 0.3) is 21.8 Å². The maximum absolute atomic E-state index is 12.7. The maximum Gasteiger partial charge on any atom is 0.221 e. The number of carbonyl (C=O) groups is 1. The Bertz CT molecular complexity index is 1700. The van der Waals surface area contributed by atoms with E-state index in [9.17, 15) is 9.90 Å². The second kappa shape index (κ2) is 9.87. The minimum absolute atomic E-state index is 0.148. The molecule has 0 spiro atoms. The number of amides is 1. The lowest BCUT2D eigenvalue weighted by Gasteiger charge is -2.34. The summed E-state index contributed by atoms with van der Waals surface area (Å²) in [4.78, 5) is 27.1. The van der Waals surface area contributed by atoms with Gasteiger partial charge in [0.25, 0.3) is 0 Å². The van der Waals surface area contributed by atoms with Crippen molar-refractivity contribution in [2.45, 2.75) is 58.2 Å². The maximum atomic E-state index is 12.7. The van der Waals surface area contributed by atoms with Crippen LogP contribution >= 0.6 is 0 Å². The minimum atomic E-state index is -0.983. The average Bonchev–Trinajstić information content (AvgIpc) is 3.48. The van der Waals surface area contributed by atoms with E-state index in [1.54, 1.807) is 12.0 Å². The van der Waals surface area contributed by atoms with Crippen LogP contribution in [0.5, 0.6) is 5.75 Å². The van der Waals surface area contributed by atoms with Gasteiger partial charge in [0, 0.05) is 66.3 Å². The Balaban J connectivity index is 1.54. The number of benzene rings is 2. The third-order valence-corrected chi connectivity index (χ3v) is 9.17. The fraction of sp³-hybridized carbons (Fsp3) is 0.424. The van der Waals surface area contributed by atoms with Crippen LogP contribution in [0, 0.1) is 5.92 Å². The normalized spacial score (nSPS) is 22.3. The lowest BCUT2D eigenvalue weighted by molar-refractivity contribution is -0.137. The predicted octanol–water partition coefficient (Wildman–Crippen LogP) is 5.78. The van der Waals surface area contributed by atoms with Crippen molar-refractivity contribution in [1.82, 2.24) is 14.5 Å². The molecule has 0 radical (unpaired) electrons. The van der Waals surface area contributed by atoms with Crippen molar-refractivity contribution < 1.29 is 14.6 Å². The number of fused-ring (bicyclic) bond motifs is 2. The number of carbonyl (C=O) groups excluding carboxylic acids is 1. The number of hydrogen-bond acceptors (Lipinski definition) is 6. The first-order valence-corrected chi connectivity index (χ1v) is 14.8. The Morgan fingerprint density at radius 3 is 2.61 bits per heavy atom. The number of aliphatic hydroxyl groups is 1. The number of piperidine rings is 1. The van der Waals surface area contributed by atoms with Gasteiger partial charge in [-0.2, -0.15) is 0 Å². The zero-order valence-electron chi connectivity index (χ0n) is 24.2. The molecule has 1 N–H and O–H groups in total. The highest BCUT2D eigenvalue weighted by Crippen LogP contribution is 2.50. The fourth-order valence-corrected chi connectivity index (χ4v) is 7.17. The molecule has 0 unspecified atom stereocenters. The summed E-state index contributed by atoms with van der Waals surface area (Å²) >= 11 is 0. The van der Waals surface area contributed by atoms with E-state index < -0.39 is 12.1 Å². The Labute approximate surface area is 240 Å². The number of aromatic nitrogens is 2. The van der Waals surface area contributed by atoms with Crippen molar-refractivity contribution in [1.29, 1.82) is 0 Å². The molecule has 3 aliphatic rings. The second-order valence-electron chi connectivity index (χ2n) is 11.9. The first kappa shape index (κ1) is 26.0. The van der Waals surface area contributed by atoms with Crippen LogP contribution in [0.2, 0.25) is 0 Å². The van der Waals surface area contributed by atoms with Crippen LogP contribution in [0.15, 0.2) is 53.7 Å². The summed E-state index contributed by atoms with van der Waals surface area (Å²) in [6.45, 7) is 8.11. The van der Waals surface area contributed by atoms with Crippen LogP contribution in [0.1, 0.15) is 63.1 Å². The number of methoxy groups -OCH3 is 1. The summed E-state index contributed by atoms with van der Waals surface area (Å²) in [6, 6.07) is 14.8. The zero-order valence-corrected chi connectivity index (χ0v) is 24.2. The average molecular weight is 552 g/mol. The first-order valence-electron chi connectivity index (χ1n) is 14.8. The van der Waals surface area contributed by atoms with Crippen LogP contribution < -0.4 is 9.64 Å². The molecule has 0 bridgehead atoms. The smallest absolute Gasteiger partial charge is 0.221 e. The molecule has 2 saturated heterocycles. The summed E-state index contributed by atoms with van der Waals surface area (Å²) in [7, 11) is 1.68. The van der Waals surface area contributed by atoms with Gasteiger partial charge in [-0.1, -0.05) is 6.07 Å². The van der Waals surface area contributed by atoms with Gasteiger partial charge in [-0.3, -0.25) is 9.79 Å². The lowest BCUT2D eigenvalue weighted by Crippen LogP contribution is -2.38. The van der Waals surface area contributed by atoms with Crippen molar-refractivity contribution in [2.75, 3.05) is 31.6 Å². The van der Waals surface area contributed by atoms with E-state index in [4.69, 9.17) is 14.7 Å². The van der Waals surface area contributed by atoms with E-state index in [1.807, 2.05) is 12.1 Å². The van der Waals surface area contributed by atoms with Gasteiger partial charge < -0.3 is 24.2 Å². The van der Waals surface area contributed by atoms with Gasteiger partial charge in [0.05, 0.1) is 36.3 Å². The van der Waals surface area contributed by atoms with Crippen LogP contribution in [-0.4, -0.2) is 64.1 Å². The highest BCUT2D eigenvalue weighted by atomic mass is 16.5. The molecule has 0 saturated carbocycles. The van der Waals surface area contributed by atoms with Gasteiger partial charge in [-0.15, -0.1) is 0 Å². The van der Waals surface area contributed by atoms with E-state index in [0.29, 0.717) is 6.54 Å². The number of likely N-dealkylation sites (tertiary alicyclic amines) is 1. The van der Waals surface area contributed by atoms with Crippen molar-refractivity contribution in [3.63, 3.8) is 0 Å². The highest BCUT2D eigenvalue weighted by molar-refractivity contribution is 6.05. The minimum Gasteiger partial charge on any atom is -0.497 e. The molecule has 2 fully saturated rings. The summed E-state index contributed by atoms with van der Waals surface area (Å²) in [5.41, 5.74) is 5.97. The van der Waals surface area contributed by atoms with Crippen molar-refractivity contribution >= 4 is 44.9 Å². The standard InChI is InChI=1S/C33H37N5O3/c1-19(2)37-17-24-29(31-27(18-38(20(3)39)33(31)40)34-25-9-8-10-28(37)30(24)25)23-15-21-11-12-22(41-4)16-26(21)35-32(23)36-13-6-5-7-14-36/h8-12,15-17,19,29,31,33,40H,5-7,13-14,18H2,1-4H3/t29-,31-,33-/m1/s1. The first-order chi connectivity index (χ1) is 19.9. The van der Waals surface area contributed by atoms with E-state index in [0.717, 1.165) is 81.8 Å². The second-order valence-corrected chi connectivity index (χ2v) is 11.9. The van der Waals surface area contributed by atoms with E-state index in [2.05, 4.69) is 59.8 Å². The summed E-state index contributed by atoms with van der Waals surface area (Å²) in [6.07, 6.45) is 4.73. The Kier molecular flexibility index (Phi) is 6.27. The largest absolute Gasteiger partial charge is 0.497 e. The van der Waals surface area contributed by atoms with Gasteiger partial charge in [-0.25, -0.2) is 4.98 Å². The van der Waals surface area contributed by atoms with E-state index in [1.165, 1.54) is 13.3 Å². The predicted molar refractivity (Wildman–Crippen MR) is 163 cm³/mol. The molecule has 2 aromatic carbocycles. The molecule has 1 amide bonds. The third kappa shape index (κ3) is 4.10. The van der Waals surface area contributed by atoms with Crippen molar-refractivity contribution in [3.8, 4) is 5.75 Å². The number of pyridine rings is 1. The number of ether oxygens (including phenoxy) is 1. The van der Waals surface area contributed by atoms with E-state index >= 15 is 0 Å². The van der Waals surface area contributed by atoms with Crippen LogP contribution in [0.4, 0.5) is 11.5 Å². The third-order valence-electron chi connectivity index (χ3n) is 9.17. The molecular weight excluding hydrogens is 514 g/mol. The Morgan fingerprint density at radius 2 is 1.88 bits per heavy atom. The molecule has 7 rings (SSSR count). The molecular formula is C33H37N5O3. The molecule has 212 valence electrons. The number of aliphatic hydroxyl groups excluding tert-OH is 1. The summed E-state index contributed by atoms with van der Waals surface area (Å²) < 4.78 is 7.85. The molecule has 0 aliphatic carbocycles. The highest BCUT2D eigenvalue weighted by Gasteiger charge is 2.48. The lowest BCUT2D eigenvalue weighted by atomic mass is 9.78. The summed E-state index contributed by atoms with van der Waals surface area (Å²) in [5, 5.41) is 14.0. The quantitative estimate of drug-likeness (QED) is 0.348. The molecule has 8 nitrogen and oxygen atoms in total. The topological polar surface area (TPSA) is 83.2 Å². The SMILES string of the molecule is COc1ccc2cc([C@@H]3c4cn(C(C)C)c5cccc(c45)N=C4CN(C(C)=O)[C@H](O)[C@H]43)c(N3CCCCC3)nc2c1. The number of hydrogen-bond donors (Lipinski definition) is 1. The molecule has 3 aliphatic heterocycles. The van der Waals surface area contributed by atoms with Crippen LogP contribution in [-0.2, 0) is 4.79 Å². The van der Waals surface area contributed by atoms with Crippen molar-refractivity contribution in [2.24, 2.45) is 10.9 Å². The Morgan fingerprint density at radius 1 is 1.07 bits per heavy atom. The van der Waals surface area contributed by atoms with Gasteiger partial charge >= 0.3 is 0 Å². The molecule has 41 heavy (non-hydrogen) atoms. The molecule has 5 heterocycles. The monoisotopic (exact) mass is 551 g/mol. The molecule has 4 aromatic rings. The molecule has 2 aromatic heterocycles. The van der Waals surface area contributed by atoms with E-state index in [-0.39, 0.29) is 17.9 Å². The molecule has 3 atom stereocenters. The molecule has 8 heteroatoms. The number of nitrogens with zero attached hydrogens (tertiary/aromatic N) is 5. The number of rotatable bonds is 4. The Hall–Kier alpha value is -3.91. The van der Waals surface area contributed by atoms with Gasteiger partial charge in [0.2, 0.25) is 5.91 Å². The number of anilines is 1. The fourth-order valence-electron chi connectivity index (χ4n) is 7.17. The van der Waals surface area contributed by atoms with Gasteiger partial charge in [0.1, 0.15) is 17.8 Å². The number of aliphatic imine (C=N–C) groups is 1. The van der Waals surface area contributed by atoms with Crippen LogP contribution in [0.3, 0.4) is 0 Å². The van der Waals surface area contributed by atoms with Crippen molar-refractivity contribution in [3.05, 3.63) is 59.8 Å². The van der Waals surface area contributed by atoms with Gasteiger partial charge in [-0.05, 0) is 69.0 Å². The summed E-state index contributed by atoms with van der Waals surface area (Å²) in [5.74, 6) is 0.950. The zero-order chi connectivity index (χ0) is 28.4. The van der Waals surface area contributed by atoms with Gasteiger partial charge in [0.15, 0.2) is 0 Å².